The summed E-state index contributed by atoms with van der Waals surface area (Å²) in [7, 11) is 1.66. The molecule has 3 rings (SSSR count). The van der Waals surface area contributed by atoms with E-state index in [0.717, 1.165) is 50.4 Å². The third kappa shape index (κ3) is 3.82. The summed E-state index contributed by atoms with van der Waals surface area (Å²) in [5, 5.41) is 3.26. The zero-order chi connectivity index (χ0) is 17.7. The topological polar surface area (TPSA) is 56.8 Å². The molecule has 1 heterocycles. The fourth-order valence-electron chi connectivity index (χ4n) is 4.23. The molecule has 1 aromatic carbocycles. The summed E-state index contributed by atoms with van der Waals surface area (Å²) in [5.74, 6) is 0.952. The highest BCUT2D eigenvalue weighted by Gasteiger charge is 2.56. The van der Waals surface area contributed by atoms with Gasteiger partial charge in [-0.1, -0.05) is 18.2 Å². The molecule has 1 N–H and O–H groups in total. The van der Waals surface area contributed by atoms with E-state index in [1.54, 1.807) is 7.11 Å². The molecule has 1 saturated heterocycles. The fourth-order valence-corrected chi connectivity index (χ4v) is 4.23. The van der Waals surface area contributed by atoms with Crippen LogP contribution in [0.15, 0.2) is 24.3 Å². The van der Waals surface area contributed by atoms with Gasteiger partial charge >= 0.3 is 0 Å². The maximum absolute atomic E-state index is 12.5. The van der Waals surface area contributed by atoms with Gasteiger partial charge in [0.1, 0.15) is 5.75 Å². The second kappa shape index (κ2) is 8.19. The second-order valence-corrected chi connectivity index (χ2v) is 6.96. The molecule has 2 atom stereocenters. The lowest BCUT2D eigenvalue weighted by Gasteiger charge is -2.57. The molecular formula is C20H29NO4. The number of para-hydroxylation sites is 1. The van der Waals surface area contributed by atoms with Crippen LogP contribution in [0.25, 0.3) is 0 Å². The van der Waals surface area contributed by atoms with E-state index in [9.17, 15) is 4.79 Å². The Morgan fingerprint density at radius 1 is 1.32 bits per heavy atom. The van der Waals surface area contributed by atoms with Gasteiger partial charge in [0.05, 0.1) is 13.2 Å². The van der Waals surface area contributed by atoms with E-state index in [-0.39, 0.29) is 23.5 Å². The lowest BCUT2D eigenvalue weighted by Crippen LogP contribution is -2.66. The van der Waals surface area contributed by atoms with E-state index in [1.807, 2.05) is 31.2 Å². The Kier molecular flexibility index (Phi) is 5.97. The number of methoxy groups -OCH3 is 1. The van der Waals surface area contributed by atoms with Crippen molar-refractivity contribution < 1.29 is 19.0 Å². The molecule has 1 spiro atoms. The van der Waals surface area contributed by atoms with Crippen molar-refractivity contribution in [2.45, 2.75) is 51.2 Å². The largest absolute Gasteiger partial charge is 0.496 e. The third-order valence-corrected chi connectivity index (χ3v) is 5.73. The lowest BCUT2D eigenvalue weighted by molar-refractivity contribution is -0.175. The summed E-state index contributed by atoms with van der Waals surface area (Å²) in [6, 6.07) is 8.08. The number of hydrogen-bond acceptors (Lipinski definition) is 4. The van der Waals surface area contributed by atoms with Gasteiger partial charge in [-0.15, -0.1) is 0 Å². The van der Waals surface area contributed by atoms with Crippen LogP contribution in [0.4, 0.5) is 0 Å². The van der Waals surface area contributed by atoms with Crippen LogP contribution in [0.3, 0.4) is 0 Å². The summed E-state index contributed by atoms with van der Waals surface area (Å²) >= 11 is 0. The molecule has 1 aliphatic carbocycles. The number of ether oxygens (including phenoxy) is 3. The molecule has 1 saturated carbocycles. The average Bonchev–Trinajstić information content (AvgIpc) is 2.66. The number of hydrogen-bond donors (Lipinski definition) is 1. The van der Waals surface area contributed by atoms with Crippen LogP contribution in [0.2, 0.25) is 0 Å². The summed E-state index contributed by atoms with van der Waals surface area (Å²) in [6.45, 7) is 4.28. The van der Waals surface area contributed by atoms with E-state index < -0.39 is 0 Å². The van der Waals surface area contributed by atoms with Gasteiger partial charge in [0, 0.05) is 37.7 Å². The first-order chi connectivity index (χ1) is 12.2. The molecule has 2 fully saturated rings. The Morgan fingerprint density at radius 3 is 2.80 bits per heavy atom. The number of benzene rings is 1. The summed E-state index contributed by atoms with van der Waals surface area (Å²) in [6.07, 6.45) is 4.26. The SMILES string of the molecule is CCO[C@@H]1C[C@@H](NC(=O)CCc2ccccc2OC)C12CCOCC2. The zero-order valence-electron chi connectivity index (χ0n) is 15.3. The molecule has 2 aliphatic rings. The molecule has 25 heavy (non-hydrogen) atoms. The minimum atomic E-state index is 0.0638. The average molecular weight is 347 g/mol. The maximum Gasteiger partial charge on any atom is 0.220 e. The number of nitrogens with one attached hydrogen (secondary N) is 1. The molecule has 0 aromatic heterocycles. The molecule has 1 aromatic rings. The summed E-state index contributed by atoms with van der Waals surface area (Å²) in [4.78, 5) is 12.5. The zero-order valence-corrected chi connectivity index (χ0v) is 15.3. The first-order valence-corrected chi connectivity index (χ1v) is 9.30. The summed E-state index contributed by atoms with van der Waals surface area (Å²) in [5.41, 5.74) is 1.13. The Bertz CT molecular complexity index is 583. The van der Waals surface area contributed by atoms with Gasteiger partial charge in [-0.25, -0.2) is 0 Å². The highest BCUT2D eigenvalue weighted by Crippen LogP contribution is 2.50. The van der Waals surface area contributed by atoms with Crippen molar-refractivity contribution in [3.63, 3.8) is 0 Å². The van der Waals surface area contributed by atoms with Gasteiger partial charge in [-0.3, -0.25) is 4.79 Å². The van der Waals surface area contributed by atoms with E-state index in [2.05, 4.69) is 5.32 Å². The molecule has 5 nitrogen and oxygen atoms in total. The molecule has 0 radical (unpaired) electrons. The first kappa shape index (κ1) is 18.2. The van der Waals surface area contributed by atoms with Crippen molar-refractivity contribution in [2.75, 3.05) is 26.9 Å². The predicted octanol–water partition coefficient (Wildman–Crippen LogP) is 2.72. The van der Waals surface area contributed by atoms with E-state index in [0.29, 0.717) is 12.8 Å². The monoisotopic (exact) mass is 347 g/mol. The van der Waals surface area contributed by atoms with Crippen LogP contribution in [0.5, 0.6) is 5.75 Å². The summed E-state index contributed by atoms with van der Waals surface area (Å²) < 4.78 is 16.8. The number of rotatable bonds is 7. The third-order valence-electron chi connectivity index (χ3n) is 5.73. The molecule has 138 valence electrons. The molecule has 1 amide bonds. The predicted molar refractivity (Wildman–Crippen MR) is 95.8 cm³/mol. The van der Waals surface area contributed by atoms with E-state index in [1.165, 1.54) is 0 Å². The van der Waals surface area contributed by atoms with Gasteiger partial charge in [0.2, 0.25) is 5.91 Å². The van der Waals surface area contributed by atoms with Crippen molar-refractivity contribution in [1.82, 2.24) is 5.32 Å². The molecule has 1 aliphatic heterocycles. The van der Waals surface area contributed by atoms with E-state index in [4.69, 9.17) is 14.2 Å². The molecule has 5 heteroatoms. The maximum atomic E-state index is 12.5. The van der Waals surface area contributed by atoms with Crippen molar-refractivity contribution in [2.24, 2.45) is 5.41 Å². The second-order valence-electron chi connectivity index (χ2n) is 6.96. The van der Waals surface area contributed by atoms with Crippen molar-refractivity contribution in [3.05, 3.63) is 29.8 Å². The highest BCUT2D eigenvalue weighted by molar-refractivity contribution is 5.77. The van der Waals surface area contributed by atoms with Gasteiger partial charge in [0.25, 0.3) is 0 Å². The Balaban J connectivity index is 1.55. The van der Waals surface area contributed by atoms with Gasteiger partial charge < -0.3 is 19.5 Å². The number of aryl methyl sites for hydroxylation is 1. The van der Waals surface area contributed by atoms with E-state index >= 15 is 0 Å². The Labute approximate surface area is 150 Å². The molecular weight excluding hydrogens is 318 g/mol. The number of carbonyl (C=O) groups excluding carboxylic acids is 1. The number of amides is 1. The minimum absolute atomic E-state index is 0.0638. The van der Waals surface area contributed by atoms with Gasteiger partial charge in [-0.05, 0) is 44.2 Å². The molecule has 0 unspecified atom stereocenters. The Morgan fingerprint density at radius 2 is 2.08 bits per heavy atom. The van der Waals surface area contributed by atoms with Crippen LogP contribution in [-0.2, 0) is 20.7 Å². The lowest BCUT2D eigenvalue weighted by atomic mass is 9.57. The van der Waals surface area contributed by atoms with Gasteiger partial charge in [0.15, 0.2) is 0 Å². The smallest absolute Gasteiger partial charge is 0.220 e. The molecule has 0 bridgehead atoms. The standard InChI is InChI=1S/C20H29NO4/c1-3-25-18-14-17(20(18)10-12-24-13-11-20)21-19(22)9-8-15-6-4-5-7-16(15)23-2/h4-7,17-18H,3,8-14H2,1-2H3,(H,21,22)/t17-,18-/m1/s1. The van der Waals surface area contributed by atoms with Crippen LogP contribution in [0, 0.1) is 5.41 Å². The van der Waals surface area contributed by atoms with Crippen molar-refractivity contribution in [3.8, 4) is 5.75 Å². The van der Waals surface area contributed by atoms with Crippen LogP contribution < -0.4 is 10.1 Å². The van der Waals surface area contributed by atoms with Crippen LogP contribution in [-0.4, -0.2) is 45.0 Å². The van der Waals surface area contributed by atoms with Crippen molar-refractivity contribution >= 4 is 5.91 Å². The Hall–Kier alpha value is -1.59. The first-order valence-electron chi connectivity index (χ1n) is 9.30. The normalized spacial score (nSPS) is 24.6. The number of carbonyl (C=O) groups is 1. The highest BCUT2D eigenvalue weighted by atomic mass is 16.5. The van der Waals surface area contributed by atoms with Crippen LogP contribution >= 0.6 is 0 Å². The minimum Gasteiger partial charge on any atom is -0.496 e. The quantitative estimate of drug-likeness (QED) is 0.824. The fraction of sp³-hybridized carbons (Fsp3) is 0.650. The van der Waals surface area contributed by atoms with Crippen molar-refractivity contribution in [1.29, 1.82) is 0 Å². The van der Waals surface area contributed by atoms with Gasteiger partial charge in [-0.2, -0.15) is 0 Å². The van der Waals surface area contributed by atoms with Crippen LogP contribution in [0.1, 0.15) is 38.2 Å².